The fourth-order valence-electron chi connectivity index (χ4n) is 1.96. The van der Waals surface area contributed by atoms with Crippen LogP contribution in [0, 0.1) is 0 Å². The normalized spacial score (nSPS) is 10.7. The van der Waals surface area contributed by atoms with E-state index in [9.17, 15) is 4.79 Å². The molecule has 4 nitrogen and oxygen atoms in total. The molecule has 5 heteroatoms. The van der Waals surface area contributed by atoms with Crippen molar-refractivity contribution in [1.29, 1.82) is 0 Å². The second-order valence-electron chi connectivity index (χ2n) is 5.38. The van der Waals surface area contributed by atoms with Crippen molar-refractivity contribution in [2.24, 2.45) is 0 Å². The summed E-state index contributed by atoms with van der Waals surface area (Å²) in [4.78, 5) is 16.7. The number of pyridine rings is 1. The van der Waals surface area contributed by atoms with Gasteiger partial charge in [0.1, 0.15) is 5.82 Å². The van der Waals surface area contributed by atoms with Crippen LogP contribution in [0.5, 0.6) is 0 Å². The molecular weight excluding hydrogens is 282 g/mol. The Labute approximate surface area is 132 Å². The molecule has 0 aliphatic heterocycles. The van der Waals surface area contributed by atoms with Crippen molar-refractivity contribution in [3.8, 4) is 0 Å². The second-order valence-corrected chi connectivity index (χ2v) is 6.37. The Balaban J connectivity index is 2.55. The number of rotatable bonds is 9. The molecule has 0 aromatic carbocycles. The van der Waals surface area contributed by atoms with Gasteiger partial charge >= 0.3 is 0 Å². The highest BCUT2D eigenvalue weighted by atomic mass is 32.2. The van der Waals surface area contributed by atoms with Crippen LogP contribution in [0.3, 0.4) is 0 Å². The van der Waals surface area contributed by atoms with Gasteiger partial charge in [-0.05, 0) is 42.9 Å². The van der Waals surface area contributed by atoms with Gasteiger partial charge < -0.3 is 10.6 Å². The summed E-state index contributed by atoms with van der Waals surface area (Å²) in [5.41, 5.74) is 1.62. The van der Waals surface area contributed by atoms with E-state index in [0.717, 1.165) is 30.9 Å². The molecule has 0 unspecified atom stereocenters. The number of nitrogens with one attached hydrogen (secondary N) is 2. The van der Waals surface area contributed by atoms with Crippen LogP contribution in [0.25, 0.3) is 0 Å². The van der Waals surface area contributed by atoms with Crippen LogP contribution in [0.4, 0.5) is 5.82 Å². The maximum atomic E-state index is 12.2. The van der Waals surface area contributed by atoms with Crippen LogP contribution in [-0.2, 0) is 0 Å². The number of aromatic nitrogens is 1. The summed E-state index contributed by atoms with van der Waals surface area (Å²) in [7, 11) is 1.82. The van der Waals surface area contributed by atoms with E-state index >= 15 is 0 Å². The molecule has 0 aliphatic rings. The van der Waals surface area contributed by atoms with Gasteiger partial charge in [0.25, 0.3) is 5.91 Å². The van der Waals surface area contributed by atoms with Crippen LogP contribution in [0.2, 0.25) is 0 Å². The lowest BCUT2D eigenvalue weighted by Crippen LogP contribution is -2.25. The van der Waals surface area contributed by atoms with Crippen molar-refractivity contribution in [2.45, 2.75) is 39.0 Å². The number of anilines is 1. The molecule has 0 aliphatic carbocycles. The fraction of sp³-hybridized carbons (Fsp3) is 0.625. The standard InChI is InChI=1S/C16H27N3OS/c1-12(2)14-10-13(11-15(17-3)19-14)16(20)18-8-6-5-7-9-21-4/h10-12H,5-9H2,1-4H3,(H,17,19)(H,18,20). The monoisotopic (exact) mass is 309 g/mol. The molecule has 1 heterocycles. The first-order valence-electron chi connectivity index (χ1n) is 7.55. The molecule has 1 amide bonds. The predicted molar refractivity (Wildman–Crippen MR) is 92.4 cm³/mol. The molecule has 0 saturated heterocycles. The highest BCUT2D eigenvalue weighted by Crippen LogP contribution is 2.17. The molecule has 2 N–H and O–H groups in total. The van der Waals surface area contributed by atoms with Gasteiger partial charge in [-0.2, -0.15) is 11.8 Å². The van der Waals surface area contributed by atoms with Crippen LogP contribution in [-0.4, -0.2) is 36.5 Å². The highest BCUT2D eigenvalue weighted by molar-refractivity contribution is 7.98. The summed E-state index contributed by atoms with van der Waals surface area (Å²) in [6.07, 6.45) is 5.54. The number of thioether (sulfide) groups is 1. The molecule has 0 spiro atoms. The van der Waals surface area contributed by atoms with E-state index in [2.05, 4.69) is 35.7 Å². The zero-order chi connectivity index (χ0) is 15.7. The van der Waals surface area contributed by atoms with E-state index in [4.69, 9.17) is 0 Å². The van der Waals surface area contributed by atoms with Gasteiger partial charge in [0, 0.05) is 24.8 Å². The van der Waals surface area contributed by atoms with E-state index in [-0.39, 0.29) is 5.91 Å². The summed E-state index contributed by atoms with van der Waals surface area (Å²) < 4.78 is 0. The highest BCUT2D eigenvalue weighted by Gasteiger charge is 2.11. The fourth-order valence-corrected chi connectivity index (χ4v) is 2.45. The Morgan fingerprint density at radius 3 is 2.67 bits per heavy atom. The SMILES string of the molecule is CNc1cc(C(=O)NCCCCCSC)cc(C(C)C)n1. The van der Waals surface area contributed by atoms with Crippen molar-refractivity contribution in [3.63, 3.8) is 0 Å². The Bertz CT molecular complexity index is 449. The lowest BCUT2D eigenvalue weighted by atomic mass is 10.1. The maximum absolute atomic E-state index is 12.2. The first-order chi connectivity index (χ1) is 10.1. The number of carbonyl (C=O) groups is 1. The second kappa shape index (κ2) is 9.66. The molecule has 1 rings (SSSR count). The quantitative estimate of drug-likeness (QED) is 0.685. The summed E-state index contributed by atoms with van der Waals surface area (Å²) >= 11 is 1.87. The van der Waals surface area contributed by atoms with Crippen molar-refractivity contribution >= 4 is 23.5 Å². The molecule has 1 aromatic heterocycles. The Hall–Kier alpha value is -1.23. The smallest absolute Gasteiger partial charge is 0.251 e. The summed E-state index contributed by atoms with van der Waals surface area (Å²) in [6, 6.07) is 3.68. The summed E-state index contributed by atoms with van der Waals surface area (Å²) in [5.74, 6) is 2.23. The zero-order valence-corrected chi connectivity index (χ0v) is 14.3. The average Bonchev–Trinajstić information content (AvgIpc) is 2.49. The van der Waals surface area contributed by atoms with Crippen molar-refractivity contribution in [3.05, 3.63) is 23.4 Å². The minimum atomic E-state index is -0.0133. The van der Waals surface area contributed by atoms with Gasteiger partial charge in [-0.25, -0.2) is 4.98 Å². The Kier molecular flexibility index (Phi) is 8.20. The van der Waals surface area contributed by atoms with Crippen molar-refractivity contribution in [2.75, 3.05) is 30.9 Å². The first kappa shape index (κ1) is 17.8. The average molecular weight is 309 g/mol. The van der Waals surface area contributed by atoms with Gasteiger partial charge in [0.05, 0.1) is 0 Å². The molecule has 0 bridgehead atoms. The van der Waals surface area contributed by atoms with Gasteiger partial charge in [0.2, 0.25) is 0 Å². The third kappa shape index (κ3) is 6.38. The number of carbonyl (C=O) groups excluding carboxylic acids is 1. The number of amides is 1. The number of nitrogens with zero attached hydrogens (tertiary/aromatic N) is 1. The van der Waals surface area contributed by atoms with E-state index in [0.29, 0.717) is 11.5 Å². The topological polar surface area (TPSA) is 54.0 Å². The van der Waals surface area contributed by atoms with Gasteiger partial charge in [-0.3, -0.25) is 4.79 Å². The van der Waals surface area contributed by atoms with E-state index < -0.39 is 0 Å². The minimum Gasteiger partial charge on any atom is -0.373 e. The van der Waals surface area contributed by atoms with Crippen LogP contribution in [0.1, 0.15) is 55.1 Å². The first-order valence-corrected chi connectivity index (χ1v) is 8.94. The lowest BCUT2D eigenvalue weighted by Gasteiger charge is -2.11. The predicted octanol–water partition coefficient (Wildman–Crippen LogP) is 3.51. The van der Waals surface area contributed by atoms with Crippen LogP contribution >= 0.6 is 11.8 Å². The van der Waals surface area contributed by atoms with Gasteiger partial charge in [-0.1, -0.05) is 20.3 Å². The van der Waals surface area contributed by atoms with Gasteiger partial charge in [0.15, 0.2) is 0 Å². The van der Waals surface area contributed by atoms with E-state index in [1.807, 2.05) is 24.9 Å². The molecule has 21 heavy (non-hydrogen) atoms. The minimum absolute atomic E-state index is 0.0133. The Morgan fingerprint density at radius 1 is 1.29 bits per heavy atom. The number of hydrogen-bond acceptors (Lipinski definition) is 4. The molecule has 0 saturated carbocycles. The van der Waals surface area contributed by atoms with Crippen LogP contribution in [0.15, 0.2) is 12.1 Å². The molecule has 0 fully saturated rings. The van der Waals surface area contributed by atoms with Crippen molar-refractivity contribution in [1.82, 2.24) is 10.3 Å². The third-order valence-corrected chi connectivity index (χ3v) is 3.96. The summed E-state index contributed by atoms with van der Waals surface area (Å²) in [6.45, 7) is 4.89. The molecule has 118 valence electrons. The van der Waals surface area contributed by atoms with E-state index in [1.54, 1.807) is 6.07 Å². The number of unbranched alkanes of at least 4 members (excludes halogenated alkanes) is 2. The van der Waals surface area contributed by atoms with Crippen LogP contribution < -0.4 is 10.6 Å². The number of hydrogen-bond donors (Lipinski definition) is 2. The molecule has 1 aromatic rings. The lowest BCUT2D eigenvalue weighted by molar-refractivity contribution is 0.0953. The van der Waals surface area contributed by atoms with Gasteiger partial charge in [-0.15, -0.1) is 0 Å². The van der Waals surface area contributed by atoms with Crippen molar-refractivity contribution < 1.29 is 4.79 Å². The molecule has 0 atom stereocenters. The largest absolute Gasteiger partial charge is 0.373 e. The Morgan fingerprint density at radius 2 is 2.05 bits per heavy atom. The summed E-state index contributed by atoms with van der Waals surface area (Å²) in [5, 5.41) is 6.01. The maximum Gasteiger partial charge on any atom is 0.251 e. The molecule has 0 radical (unpaired) electrons. The van der Waals surface area contributed by atoms with E-state index in [1.165, 1.54) is 12.2 Å². The third-order valence-electron chi connectivity index (χ3n) is 3.27. The molecular formula is C16H27N3OS. The zero-order valence-electron chi connectivity index (χ0n) is 13.5.